The van der Waals surface area contributed by atoms with E-state index in [4.69, 9.17) is 0 Å². The third kappa shape index (κ3) is 3.75. The molecule has 3 aliphatic rings. The Labute approximate surface area is 278 Å². The van der Waals surface area contributed by atoms with Crippen molar-refractivity contribution in [3.8, 4) is 44.5 Å². The molecule has 1 nitrogen and oxygen atoms in total. The molecular weight excluding hydrogens is 569 g/mol. The molecule has 0 heterocycles. The number of rotatable bonds is 2. The van der Waals surface area contributed by atoms with Gasteiger partial charge in [-0.2, -0.15) is 0 Å². The first kappa shape index (κ1) is 28.2. The van der Waals surface area contributed by atoms with Gasteiger partial charge >= 0.3 is 0 Å². The topological polar surface area (TPSA) is 17.1 Å². The van der Waals surface area contributed by atoms with Crippen LogP contribution < -0.4 is 0 Å². The molecule has 0 atom stereocenters. The van der Waals surface area contributed by atoms with Crippen LogP contribution in [0.5, 0.6) is 0 Å². The van der Waals surface area contributed by atoms with Crippen molar-refractivity contribution in [3.63, 3.8) is 0 Å². The lowest BCUT2D eigenvalue weighted by molar-refractivity contribution is 0.103. The Morgan fingerprint density at radius 3 is 0.979 bits per heavy atom. The Hall–Kier alpha value is -5.01. The number of hydrogen-bond donors (Lipinski definition) is 0. The zero-order valence-corrected chi connectivity index (χ0v) is 28.0. The van der Waals surface area contributed by atoms with Crippen molar-refractivity contribution in [1.29, 1.82) is 0 Å². The van der Waals surface area contributed by atoms with Gasteiger partial charge in [-0.05, 0) is 102 Å². The zero-order chi connectivity index (χ0) is 32.5. The maximum Gasteiger partial charge on any atom is 0.193 e. The van der Waals surface area contributed by atoms with Crippen LogP contribution in [0.3, 0.4) is 0 Å². The Morgan fingerprint density at radius 2 is 0.596 bits per heavy atom. The first-order valence-electron chi connectivity index (χ1n) is 16.8. The monoisotopic (exact) mass is 606 g/mol. The maximum absolute atomic E-state index is 14.0. The van der Waals surface area contributed by atoms with E-state index in [0.717, 1.165) is 33.4 Å². The fraction of sp³-hybridized carbons (Fsp3) is 0.196. The van der Waals surface area contributed by atoms with Gasteiger partial charge in [0, 0.05) is 27.4 Å². The molecular formula is C46H38O. The van der Waals surface area contributed by atoms with Crippen molar-refractivity contribution in [1.82, 2.24) is 0 Å². The predicted molar refractivity (Wildman–Crippen MR) is 194 cm³/mol. The van der Waals surface area contributed by atoms with Crippen molar-refractivity contribution >= 4 is 5.78 Å². The van der Waals surface area contributed by atoms with Crippen molar-refractivity contribution in [2.75, 3.05) is 0 Å². The summed E-state index contributed by atoms with van der Waals surface area (Å²) in [7, 11) is 0. The standard InChI is InChI=1S/C46H38O/c1-44(2)37-13-9-7-11-31(37)33-19-15-27(23-39(33)44)29-17-21-35-41(25-29)46(5,6)42-26-30(18-22-36(42)43(35)47)28-16-20-34-32-12-8-10-14-38(32)45(3,4)40(34)24-28/h7-26H,1-6H3. The van der Waals surface area contributed by atoms with E-state index in [1.165, 1.54) is 55.6 Å². The fourth-order valence-corrected chi connectivity index (χ4v) is 8.94. The molecule has 0 saturated heterocycles. The van der Waals surface area contributed by atoms with E-state index in [9.17, 15) is 4.79 Å². The molecule has 9 rings (SSSR count). The SMILES string of the molecule is CC1(C)c2cc(-c3ccc4c(c3)C(C)(C)c3ccccc3-4)ccc2C(=O)c2ccc(-c3ccc4c(c3)C(C)(C)c3ccccc3-4)cc21. The van der Waals surface area contributed by atoms with Crippen molar-refractivity contribution < 1.29 is 4.79 Å². The molecule has 6 aromatic rings. The van der Waals surface area contributed by atoms with Crippen molar-refractivity contribution in [3.05, 3.63) is 166 Å². The summed E-state index contributed by atoms with van der Waals surface area (Å²) in [6, 6.07) is 44.3. The number of carbonyl (C=O) groups is 1. The molecule has 47 heavy (non-hydrogen) atoms. The van der Waals surface area contributed by atoms with Crippen LogP contribution in [0.4, 0.5) is 0 Å². The van der Waals surface area contributed by atoms with Gasteiger partial charge in [-0.1, -0.05) is 139 Å². The van der Waals surface area contributed by atoms with Gasteiger partial charge in [0.25, 0.3) is 0 Å². The lowest BCUT2D eigenvalue weighted by atomic mass is 9.67. The first-order chi connectivity index (χ1) is 22.5. The highest BCUT2D eigenvalue weighted by Crippen LogP contribution is 2.52. The summed E-state index contributed by atoms with van der Waals surface area (Å²) >= 11 is 0. The van der Waals surface area contributed by atoms with E-state index in [1.807, 2.05) is 0 Å². The van der Waals surface area contributed by atoms with Gasteiger partial charge in [0.05, 0.1) is 0 Å². The summed E-state index contributed by atoms with van der Waals surface area (Å²) in [6.45, 7) is 13.8. The summed E-state index contributed by atoms with van der Waals surface area (Å²) in [5.41, 5.74) is 18.8. The molecule has 0 N–H and O–H groups in total. The summed E-state index contributed by atoms with van der Waals surface area (Å²) in [6.07, 6.45) is 0. The minimum atomic E-state index is -0.344. The molecule has 0 amide bonds. The van der Waals surface area contributed by atoms with Gasteiger partial charge < -0.3 is 0 Å². The molecule has 1 heteroatoms. The Balaban J connectivity index is 1.12. The number of ketones is 1. The molecule has 0 radical (unpaired) electrons. The van der Waals surface area contributed by atoms with Crippen LogP contribution in [0.1, 0.15) is 90.8 Å². The van der Waals surface area contributed by atoms with Crippen LogP contribution in [0.25, 0.3) is 44.5 Å². The average molecular weight is 607 g/mol. The van der Waals surface area contributed by atoms with Crippen LogP contribution in [0.2, 0.25) is 0 Å². The molecule has 3 aliphatic carbocycles. The van der Waals surface area contributed by atoms with Crippen LogP contribution in [-0.2, 0) is 16.2 Å². The minimum Gasteiger partial charge on any atom is -0.289 e. The van der Waals surface area contributed by atoms with E-state index in [1.54, 1.807) is 0 Å². The van der Waals surface area contributed by atoms with E-state index in [2.05, 4.69) is 163 Å². The van der Waals surface area contributed by atoms with Gasteiger partial charge in [0.15, 0.2) is 5.78 Å². The van der Waals surface area contributed by atoms with Crippen LogP contribution >= 0.6 is 0 Å². The third-order valence-corrected chi connectivity index (χ3v) is 11.7. The highest BCUT2D eigenvalue weighted by atomic mass is 16.1. The lowest BCUT2D eigenvalue weighted by Gasteiger charge is -2.35. The summed E-state index contributed by atoms with van der Waals surface area (Å²) in [5, 5.41) is 0. The molecule has 0 saturated carbocycles. The Kier molecular flexibility index (Phi) is 5.58. The van der Waals surface area contributed by atoms with E-state index in [0.29, 0.717) is 0 Å². The number of fused-ring (bicyclic) bond motifs is 8. The minimum absolute atomic E-state index is 0.0592. The zero-order valence-electron chi connectivity index (χ0n) is 28.0. The highest BCUT2D eigenvalue weighted by molar-refractivity contribution is 6.13. The smallest absolute Gasteiger partial charge is 0.193 e. The molecule has 228 valence electrons. The van der Waals surface area contributed by atoms with Gasteiger partial charge in [-0.3, -0.25) is 4.79 Å². The summed E-state index contributed by atoms with van der Waals surface area (Å²) < 4.78 is 0. The van der Waals surface area contributed by atoms with Crippen LogP contribution in [0.15, 0.2) is 121 Å². The van der Waals surface area contributed by atoms with Crippen LogP contribution in [0, 0.1) is 0 Å². The second-order valence-corrected chi connectivity index (χ2v) is 15.3. The molecule has 0 aliphatic heterocycles. The third-order valence-electron chi connectivity index (χ3n) is 11.7. The fourth-order valence-electron chi connectivity index (χ4n) is 8.94. The first-order valence-corrected chi connectivity index (χ1v) is 16.8. The Bertz CT molecular complexity index is 2180. The second kappa shape index (κ2) is 9.29. The van der Waals surface area contributed by atoms with E-state index >= 15 is 0 Å². The molecule has 0 bridgehead atoms. The van der Waals surface area contributed by atoms with E-state index in [-0.39, 0.29) is 22.0 Å². The maximum atomic E-state index is 14.0. The number of carbonyl (C=O) groups excluding carboxylic acids is 1. The quantitative estimate of drug-likeness (QED) is 0.192. The molecule has 0 unspecified atom stereocenters. The van der Waals surface area contributed by atoms with Crippen molar-refractivity contribution in [2.45, 2.75) is 57.8 Å². The normalized spacial score (nSPS) is 16.9. The van der Waals surface area contributed by atoms with Crippen molar-refractivity contribution in [2.24, 2.45) is 0 Å². The largest absolute Gasteiger partial charge is 0.289 e. The van der Waals surface area contributed by atoms with Gasteiger partial charge in [0.1, 0.15) is 0 Å². The highest BCUT2D eigenvalue weighted by Gasteiger charge is 2.39. The van der Waals surface area contributed by atoms with Gasteiger partial charge in [0.2, 0.25) is 0 Å². The van der Waals surface area contributed by atoms with Gasteiger partial charge in [-0.25, -0.2) is 0 Å². The number of hydrogen-bond acceptors (Lipinski definition) is 1. The van der Waals surface area contributed by atoms with Crippen LogP contribution in [-0.4, -0.2) is 5.78 Å². The predicted octanol–water partition coefficient (Wildman–Crippen LogP) is 11.5. The molecule has 0 fully saturated rings. The molecule has 0 spiro atoms. The summed E-state index contributed by atoms with van der Waals surface area (Å²) in [5.74, 6) is 0.114. The van der Waals surface area contributed by atoms with Gasteiger partial charge in [-0.15, -0.1) is 0 Å². The Morgan fingerprint density at radius 1 is 0.319 bits per heavy atom. The summed E-state index contributed by atoms with van der Waals surface area (Å²) in [4.78, 5) is 14.0. The lowest BCUT2D eigenvalue weighted by Crippen LogP contribution is -2.30. The van der Waals surface area contributed by atoms with E-state index < -0.39 is 0 Å². The molecule has 6 aromatic carbocycles. The number of benzene rings is 6. The molecule has 0 aromatic heterocycles. The average Bonchev–Trinajstić information content (AvgIpc) is 3.46. The second-order valence-electron chi connectivity index (χ2n) is 15.3.